The Morgan fingerprint density at radius 1 is 0.719 bits per heavy atom. The van der Waals surface area contributed by atoms with Gasteiger partial charge >= 0.3 is 11.9 Å². The molecular weight excluding hydrogens is 837 g/mol. The number of hydrogen-bond donors (Lipinski definition) is 13. The molecule has 4 aromatic rings. The summed E-state index contributed by atoms with van der Waals surface area (Å²) in [6.45, 7) is 1.97. The van der Waals surface area contributed by atoms with E-state index in [-0.39, 0.29) is 37.4 Å². The lowest BCUT2D eigenvalue weighted by Crippen LogP contribution is -2.60. The summed E-state index contributed by atoms with van der Waals surface area (Å²) in [6, 6.07) is 4.86. The predicted molar refractivity (Wildman–Crippen MR) is 228 cm³/mol. The third-order valence-electron chi connectivity index (χ3n) is 9.93. The molecule has 6 amide bonds. The number of nitrogens with zero attached hydrogens (tertiary/aromatic N) is 1. The highest BCUT2D eigenvalue weighted by Crippen LogP contribution is 2.20. The van der Waals surface area contributed by atoms with Crippen LogP contribution < -0.4 is 37.6 Å². The molecule has 0 saturated carbocycles. The fourth-order valence-electron chi connectivity index (χ4n) is 6.59. The van der Waals surface area contributed by atoms with Crippen LogP contribution in [-0.2, 0) is 57.6 Å². The van der Waals surface area contributed by atoms with E-state index in [4.69, 9.17) is 10.8 Å². The van der Waals surface area contributed by atoms with Crippen LogP contribution in [0.4, 0.5) is 0 Å². The molecule has 0 aliphatic heterocycles. The van der Waals surface area contributed by atoms with Gasteiger partial charge in [0.1, 0.15) is 36.0 Å². The van der Waals surface area contributed by atoms with Crippen LogP contribution in [-0.4, -0.2) is 132 Å². The number of carbonyl (C=O) groups excluding carboxylic acids is 6. The Labute approximate surface area is 366 Å². The first-order valence-corrected chi connectivity index (χ1v) is 20.3. The topological polar surface area (TPSA) is 360 Å². The van der Waals surface area contributed by atoms with Crippen LogP contribution in [0.3, 0.4) is 0 Å². The standard InChI is InChI=1S/C42H54N10O12/c1-22(2)13-31(49-41(62)34(20-53)52-37(58)28(43)14-23-7-9-26(54)10-8-23)39(60)51-33(16-25-18-44-21-47-25)40(61)50-32(15-24-17-45-29-6-4-3-5-27(24)29)38(59)46-19-35(55)48-30(42(63)64)11-12-36(56)57/h3-10,17-18,21-22,28,30-34,45,53-54H,11-16,19-20,43H2,1-2H3,(H,44,47)(H,46,59)(H,48,55)(H,49,62)(H,50,61)(H,51,60)(H,52,58)(H,56,57)(H,63,64)/t28-,30-,31-,32-,33-,34-/m0/s1. The summed E-state index contributed by atoms with van der Waals surface area (Å²) in [5.74, 6) is -8.08. The highest BCUT2D eigenvalue weighted by molar-refractivity contribution is 5.97. The first-order chi connectivity index (χ1) is 30.4. The molecule has 64 heavy (non-hydrogen) atoms. The van der Waals surface area contributed by atoms with Crippen molar-refractivity contribution in [3.63, 3.8) is 0 Å². The van der Waals surface area contributed by atoms with Crippen molar-refractivity contribution in [2.45, 2.75) is 88.6 Å². The first kappa shape index (κ1) is 49.3. The third kappa shape index (κ3) is 15.2. The summed E-state index contributed by atoms with van der Waals surface area (Å²) >= 11 is 0. The molecule has 14 N–H and O–H groups in total. The van der Waals surface area contributed by atoms with Crippen LogP contribution in [0.5, 0.6) is 5.75 Å². The minimum Gasteiger partial charge on any atom is -0.508 e. The predicted octanol–water partition coefficient (Wildman–Crippen LogP) is -1.52. The van der Waals surface area contributed by atoms with Crippen LogP contribution in [0.1, 0.15) is 49.9 Å². The largest absolute Gasteiger partial charge is 0.508 e. The maximum absolute atomic E-state index is 14.2. The van der Waals surface area contributed by atoms with Gasteiger partial charge in [-0.3, -0.25) is 33.6 Å². The van der Waals surface area contributed by atoms with Gasteiger partial charge in [0.05, 0.1) is 25.5 Å². The lowest BCUT2D eigenvalue weighted by Gasteiger charge is -2.27. The minimum absolute atomic E-state index is 0.0210. The Bertz CT molecular complexity index is 2250. The summed E-state index contributed by atoms with van der Waals surface area (Å²) in [7, 11) is 0. The number of H-pyrrole nitrogens is 2. The SMILES string of the molecule is CC(C)C[C@H](NC(=O)[C@H](CO)NC(=O)[C@@H](N)Cc1ccc(O)cc1)C(=O)N[C@@H](Cc1cnc[nH]1)C(=O)N[C@@H](Cc1c[nH]c2ccccc12)C(=O)NCC(=O)N[C@@H](CCC(=O)O)C(=O)O. The average Bonchev–Trinajstić information content (AvgIpc) is 3.93. The number of fused-ring (bicyclic) bond motifs is 1. The molecule has 0 fully saturated rings. The van der Waals surface area contributed by atoms with E-state index >= 15 is 0 Å². The summed E-state index contributed by atoms with van der Waals surface area (Å²) in [6.07, 6.45) is 3.25. The van der Waals surface area contributed by atoms with Crippen LogP contribution in [0.15, 0.2) is 67.3 Å². The van der Waals surface area contributed by atoms with Gasteiger partial charge in [-0.25, -0.2) is 9.78 Å². The van der Waals surface area contributed by atoms with Crippen molar-refractivity contribution in [3.05, 3.63) is 84.1 Å². The van der Waals surface area contributed by atoms with Crippen LogP contribution in [0, 0.1) is 5.92 Å². The zero-order chi connectivity index (χ0) is 46.9. The molecule has 22 nitrogen and oxygen atoms in total. The highest BCUT2D eigenvalue weighted by atomic mass is 16.4. The Morgan fingerprint density at radius 3 is 1.97 bits per heavy atom. The molecule has 22 heteroatoms. The molecular formula is C42H54N10O12. The quantitative estimate of drug-likeness (QED) is 0.0360. The summed E-state index contributed by atoms with van der Waals surface area (Å²) in [5, 5.41) is 53.6. The number of imidazole rings is 1. The minimum atomic E-state index is -1.55. The number of aliphatic carboxylic acids is 2. The number of amides is 6. The van der Waals surface area contributed by atoms with Crippen molar-refractivity contribution in [2.24, 2.45) is 11.7 Å². The number of para-hydroxylation sites is 1. The maximum atomic E-state index is 14.2. The second kappa shape index (κ2) is 23.8. The van der Waals surface area contributed by atoms with E-state index in [0.717, 1.165) is 10.9 Å². The van der Waals surface area contributed by atoms with Crippen molar-refractivity contribution in [1.29, 1.82) is 0 Å². The van der Waals surface area contributed by atoms with E-state index in [1.165, 1.54) is 24.7 Å². The van der Waals surface area contributed by atoms with E-state index in [0.29, 0.717) is 16.8 Å². The number of rotatable bonds is 25. The monoisotopic (exact) mass is 890 g/mol. The Hall–Kier alpha value is -7.33. The number of nitrogens with two attached hydrogens (primary N) is 1. The van der Waals surface area contributed by atoms with Gasteiger partial charge < -0.3 is 68.0 Å². The van der Waals surface area contributed by atoms with Gasteiger partial charge in [0, 0.05) is 48.3 Å². The molecule has 0 spiro atoms. The van der Waals surface area contributed by atoms with Gasteiger partial charge in [0.2, 0.25) is 35.4 Å². The number of aromatic amines is 2. The normalized spacial score (nSPS) is 14.0. The maximum Gasteiger partial charge on any atom is 0.326 e. The average molecular weight is 891 g/mol. The molecule has 0 aliphatic carbocycles. The van der Waals surface area contributed by atoms with Gasteiger partial charge in [-0.1, -0.05) is 44.2 Å². The van der Waals surface area contributed by atoms with Crippen molar-refractivity contribution in [3.8, 4) is 5.75 Å². The van der Waals surface area contributed by atoms with Crippen molar-refractivity contribution < 1.29 is 58.8 Å². The number of carboxylic acids is 2. The number of nitrogens with one attached hydrogen (secondary N) is 8. The fourth-order valence-corrected chi connectivity index (χ4v) is 6.59. The number of hydrogen-bond acceptors (Lipinski definition) is 12. The number of aliphatic hydroxyl groups excluding tert-OH is 1. The zero-order valence-corrected chi connectivity index (χ0v) is 35.1. The Kier molecular flexibility index (Phi) is 18.3. The number of carbonyl (C=O) groups is 8. The fraction of sp³-hybridized carbons (Fsp3) is 0.405. The Balaban J connectivity index is 1.52. The lowest BCUT2D eigenvalue weighted by atomic mass is 10.0. The molecule has 0 unspecified atom stereocenters. The molecule has 2 aromatic heterocycles. The molecule has 0 bridgehead atoms. The second-order valence-corrected chi connectivity index (χ2v) is 15.5. The van der Waals surface area contributed by atoms with Gasteiger partial charge in [-0.2, -0.15) is 0 Å². The molecule has 6 atom stereocenters. The van der Waals surface area contributed by atoms with Crippen LogP contribution >= 0.6 is 0 Å². The van der Waals surface area contributed by atoms with Crippen molar-refractivity contribution in [1.82, 2.24) is 46.9 Å². The molecule has 0 aliphatic rings. The number of phenols is 1. The van der Waals surface area contributed by atoms with Gasteiger partial charge in [-0.05, 0) is 54.5 Å². The van der Waals surface area contributed by atoms with E-state index in [1.54, 1.807) is 56.4 Å². The van der Waals surface area contributed by atoms with E-state index in [2.05, 4.69) is 46.9 Å². The molecule has 2 heterocycles. The van der Waals surface area contributed by atoms with Crippen LogP contribution in [0.25, 0.3) is 10.9 Å². The number of carboxylic acid groups (broad SMARTS) is 2. The van der Waals surface area contributed by atoms with Gasteiger partial charge in [0.15, 0.2) is 0 Å². The Morgan fingerprint density at radius 2 is 1.34 bits per heavy atom. The highest BCUT2D eigenvalue weighted by Gasteiger charge is 2.33. The number of aliphatic hydroxyl groups is 1. The molecule has 4 rings (SSSR count). The molecule has 0 saturated heterocycles. The number of benzene rings is 2. The second-order valence-electron chi connectivity index (χ2n) is 15.5. The number of phenolic OH excluding ortho intramolecular Hbond substituents is 1. The first-order valence-electron chi connectivity index (χ1n) is 20.3. The van der Waals surface area contributed by atoms with Crippen molar-refractivity contribution >= 4 is 58.3 Å². The summed E-state index contributed by atoms with van der Waals surface area (Å²) in [4.78, 5) is 114. The third-order valence-corrected chi connectivity index (χ3v) is 9.93. The molecule has 2 aromatic carbocycles. The molecule has 0 radical (unpaired) electrons. The zero-order valence-electron chi connectivity index (χ0n) is 35.1. The molecule has 344 valence electrons. The summed E-state index contributed by atoms with van der Waals surface area (Å²) < 4.78 is 0. The van der Waals surface area contributed by atoms with Crippen LogP contribution in [0.2, 0.25) is 0 Å². The smallest absolute Gasteiger partial charge is 0.326 e. The van der Waals surface area contributed by atoms with Gasteiger partial charge in [0.25, 0.3) is 0 Å². The summed E-state index contributed by atoms with van der Waals surface area (Å²) in [5.41, 5.74) is 8.42. The number of aromatic nitrogens is 3. The van der Waals surface area contributed by atoms with E-state index in [9.17, 15) is 53.7 Å². The van der Waals surface area contributed by atoms with E-state index in [1.807, 2.05) is 0 Å². The van der Waals surface area contributed by atoms with Crippen molar-refractivity contribution in [2.75, 3.05) is 13.2 Å². The van der Waals surface area contributed by atoms with E-state index < -0.39 is 110 Å². The van der Waals surface area contributed by atoms with Gasteiger partial charge in [-0.15, -0.1) is 0 Å². The lowest BCUT2D eigenvalue weighted by molar-refractivity contribution is -0.143. The number of aromatic hydroxyl groups is 1.